The molecule has 1 rings (SSSR count). The molecule has 0 aliphatic heterocycles. The number of thioether (sulfide) groups is 1. The Bertz CT molecular complexity index is 398. The zero-order valence-electron chi connectivity index (χ0n) is 12.2. The van der Waals surface area contributed by atoms with Crippen LogP contribution < -0.4 is 10.5 Å². The molecule has 3 nitrogen and oxygen atoms in total. The van der Waals surface area contributed by atoms with Crippen LogP contribution in [-0.4, -0.2) is 23.5 Å². The van der Waals surface area contributed by atoms with Crippen molar-refractivity contribution in [3.63, 3.8) is 0 Å². The SMILES string of the molecule is CCCCC([NH3+])(CC)CSc1ccc(OC)c(O)c1. The van der Waals surface area contributed by atoms with E-state index >= 15 is 0 Å². The van der Waals surface area contributed by atoms with Crippen molar-refractivity contribution in [1.29, 1.82) is 0 Å². The van der Waals surface area contributed by atoms with E-state index in [0.717, 1.165) is 23.5 Å². The third-order valence-corrected chi connectivity index (χ3v) is 4.85. The van der Waals surface area contributed by atoms with Gasteiger partial charge in [0.1, 0.15) is 5.54 Å². The molecule has 1 atom stereocenters. The van der Waals surface area contributed by atoms with E-state index < -0.39 is 0 Å². The molecule has 0 saturated heterocycles. The molecule has 1 aromatic rings. The number of unbranched alkanes of at least 4 members (excludes halogenated alkanes) is 1. The summed E-state index contributed by atoms with van der Waals surface area (Å²) in [5.41, 5.74) is 4.52. The van der Waals surface area contributed by atoms with Gasteiger partial charge in [-0.15, -0.1) is 11.8 Å². The summed E-state index contributed by atoms with van der Waals surface area (Å²) in [6.07, 6.45) is 4.69. The fraction of sp³-hybridized carbons (Fsp3) is 0.600. The number of phenols is 1. The molecule has 0 fully saturated rings. The first-order valence-corrected chi connectivity index (χ1v) is 7.88. The Labute approximate surface area is 120 Å². The van der Waals surface area contributed by atoms with Gasteiger partial charge in [-0.25, -0.2) is 0 Å². The van der Waals surface area contributed by atoms with Crippen LogP contribution >= 0.6 is 11.8 Å². The molecular weight excluding hydrogens is 258 g/mol. The van der Waals surface area contributed by atoms with Crippen LogP contribution in [0, 0.1) is 0 Å². The van der Waals surface area contributed by atoms with Crippen molar-refractivity contribution in [2.24, 2.45) is 0 Å². The molecule has 0 aliphatic rings. The molecule has 0 bridgehead atoms. The summed E-state index contributed by atoms with van der Waals surface area (Å²) in [7, 11) is 1.56. The second kappa shape index (κ2) is 7.65. The van der Waals surface area contributed by atoms with Gasteiger partial charge in [-0.2, -0.15) is 0 Å². The lowest BCUT2D eigenvalue weighted by molar-refractivity contribution is -0.472. The van der Waals surface area contributed by atoms with E-state index in [0.29, 0.717) is 5.75 Å². The fourth-order valence-electron chi connectivity index (χ4n) is 1.90. The number of rotatable bonds is 8. The quantitative estimate of drug-likeness (QED) is 0.721. The minimum atomic E-state index is 0.135. The molecule has 1 unspecified atom stereocenters. The average molecular weight is 284 g/mol. The molecule has 0 aliphatic carbocycles. The van der Waals surface area contributed by atoms with Gasteiger partial charge in [0.25, 0.3) is 0 Å². The zero-order valence-corrected chi connectivity index (χ0v) is 13.1. The molecule has 0 radical (unpaired) electrons. The highest BCUT2D eigenvalue weighted by molar-refractivity contribution is 7.99. The highest BCUT2D eigenvalue weighted by Crippen LogP contribution is 2.32. The van der Waals surface area contributed by atoms with E-state index in [4.69, 9.17) is 4.74 Å². The molecule has 4 N–H and O–H groups in total. The van der Waals surface area contributed by atoms with Crippen LogP contribution in [0.15, 0.2) is 23.1 Å². The lowest BCUT2D eigenvalue weighted by atomic mass is 9.93. The Hall–Kier alpha value is -0.870. The van der Waals surface area contributed by atoms with Gasteiger partial charge in [0.2, 0.25) is 0 Å². The van der Waals surface area contributed by atoms with Crippen molar-refractivity contribution in [2.45, 2.75) is 50.0 Å². The summed E-state index contributed by atoms with van der Waals surface area (Å²) >= 11 is 1.76. The number of quaternary nitrogens is 1. The van der Waals surface area contributed by atoms with Gasteiger partial charge >= 0.3 is 0 Å². The molecule has 1 aromatic carbocycles. The number of phenolic OH excluding ortho intramolecular Hbond substituents is 1. The number of aromatic hydroxyl groups is 1. The first kappa shape index (κ1) is 16.2. The minimum absolute atomic E-state index is 0.135. The Morgan fingerprint density at radius 2 is 2.11 bits per heavy atom. The topological polar surface area (TPSA) is 57.1 Å². The summed E-state index contributed by atoms with van der Waals surface area (Å²) in [6, 6.07) is 5.55. The molecular formula is C15H26NO2S+. The van der Waals surface area contributed by atoms with Crippen LogP contribution in [0.1, 0.15) is 39.5 Å². The Morgan fingerprint density at radius 3 is 2.63 bits per heavy atom. The zero-order chi connectivity index (χ0) is 14.3. The maximum Gasteiger partial charge on any atom is 0.160 e. The first-order chi connectivity index (χ1) is 9.04. The minimum Gasteiger partial charge on any atom is -0.504 e. The van der Waals surface area contributed by atoms with Gasteiger partial charge < -0.3 is 15.6 Å². The Balaban J connectivity index is 2.61. The van der Waals surface area contributed by atoms with Gasteiger partial charge in [-0.05, 0) is 24.6 Å². The maximum atomic E-state index is 9.77. The van der Waals surface area contributed by atoms with Crippen LogP contribution in [0.25, 0.3) is 0 Å². The third kappa shape index (κ3) is 4.96. The highest BCUT2D eigenvalue weighted by atomic mass is 32.2. The van der Waals surface area contributed by atoms with E-state index in [2.05, 4.69) is 19.6 Å². The van der Waals surface area contributed by atoms with E-state index in [1.165, 1.54) is 12.8 Å². The highest BCUT2D eigenvalue weighted by Gasteiger charge is 2.26. The molecule has 0 amide bonds. The smallest absolute Gasteiger partial charge is 0.160 e. The molecule has 0 spiro atoms. The largest absolute Gasteiger partial charge is 0.504 e. The summed E-state index contributed by atoms with van der Waals surface area (Å²) in [5.74, 6) is 1.70. The number of hydrogen-bond donors (Lipinski definition) is 2. The number of hydrogen-bond acceptors (Lipinski definition) is 3. The van der Waals surface area contributed by atoms with Crippen molar-refractivity contribution >= 4 is 11.8 Å². The maximum absolute atomic E-state index is 9.77. The van der Waals surface area contributed by atoms with Gasteiger partial charge in [0.05, 0.1) is 12.9 Å². The van der Waals surface area contributed by atoms with Gasteiger partial charge in [-0.3, -0.25) is 0 Å². The fourth-order valence-corrected chi connectivity index (χ4v) is 3.08. The predicted octanol–water partition coefficient (Wildman–Crippen LogP) is 3.07. The van der Waals surface area contributed by atoms with Crippen molar-refractivity contribution in [3.05, 3.63) is 18.2 Å². The van der Waals surface area contributed by atoms with E-state index in [-0.39, 0.29) is 11.3 Å². The third-order valence-electron chi connectivity index (χ3n) is 3.51. The van der Waals surface area contributed by atoms with Crippen LogP contribution in [0.4, 0.5) is 0 Å². The summed E-state index contributed by atoms with van der Waals surface area (Å²) < 4.78 is 5.05. The van der Waals surface area contributed by atoms with Crippen molar-refractivity contribution < 1.29 is 15.6 Å². The first-order valence-electron chi connectivity index (χ1n) is 6.90. The number of ether oxygens (including phenoxy) is 1. The monoisotopic (exact) mass is 284 g/mol. The lowest BCUT2D eigenvalue weighted by Gasteiger charge is -2.24. The van der Waals surface area contributed by atoms with Crippen molar-refractivity contribution in [2.75, 3.05) is 12.9 Å². The number of methoxy groups -OCH3 is 1. The average Bonchev–Trinajstić information content (AvgIpc) is 2.43. The molecule has 4 heteroatoms. The normalized spacial score (nSPS) is 14.1. The van der Waals surface area contributed by atoms with Crippen LogP contribution in [0.2, 0.25) is 0 Å². The number of benzene rings is 1. The van der Waals surface area contributed by atoms with Crippen LogP contribution in [0.5, 0.6) is 11.5 Å². The van der Waals surface area contributed by atoms with E-state index in [1.807, 2.05) is 6.07 Å². The second-order valence-electron chi connectivity index (χ2n) is 5.08. The van der Waals surface area contributed by atoms with Crippen molar-refractivity contribution in [1.82, 2.24) is 0 Å². The van der Waals surface area contributed by atoms with Crippen LogP contribution in [-0.2, 0) is 0 Å². The molecule has 0 heterocycles. The molecule has 108 valence electrons. The molecule has 0 saturated carbocycles. The van der Waals surface area contributed by atoms with E-state index in [9.17, 15) is 5.11 Å². The summed E-state index contributed by atoms with van der Waals surface area (Å²) in [4.78, 5) is 1.07. The van der Waals surface area contributed by atoms with Crippen LogP contribution in [0.3, 0.4) is 0 Å². The Morgan fingerprint density at radius 1 is 1.37 bits per heavy atom. The van der Waals surface area contributed by atoms with Crippen molar-refractivity contribution in [3.8, 4) is 11.5 Å². The van der Waals surface area contributed by atoms with Gasteiger partial charge in [0, 0.05) is 17.7 Å². The van der Waals surface area contributed by atoms with E-state index in [1.54, 1.807) is 31.0 Å². The molecule has 19 heavy (non-hydrogen) atoms. The van der Waals surface area contributed by atoms with Gasteiger partial charge in [-0.1, -0.05) is 20.3 Å². The standard InChI is InChI=1S/C15H25NO2S/c1-4-6-9-15(16,5-2)11-19-12-7-8-14(18-3)13(17)10-12/h7-8,10,17H,4-6,9,11,16H2,1-3H3/p+1. The lowest BCUT2D eigenvalue weighted by Crippen LogP contribution is -2.73. The summed E-state index contributed by atoms with van der Waals surface area (Å²) in [5, 5.41) is 9.77. The molecule has 0 aromatic heterocycles. The summed E-state index contributed by atoms with van der Waals surface area (Å²) in [6.45, 7) is 4.42. The Kier molecular flexibility index (Phi) is 6.52. The second-order valence-corrected chi connectivity index (χ2v) is 6.13. The predicted molar refractivity (Wildman–Crippen MR) is 80.8 cm³/mol. The van der Waals surface area contributed by atoms with Gasteiger partial charge in [0.15, 0.2) is 11.5 Å².